The summed E-state index contributed by atoms with van der Waals surface area (Å²) in [5.41, 5.74) is 1.18. The van der Waals surface area contributed by atoms with Gasteiger partial charge in [0, 0.05) is 5.41 Å². The summed E-state index contributed by atoms with van der Waals surface area (Å²) in [6.45, 7) is 0. The number of aliphatic carboxylic acids is 1. The fourth-order valence-corrected chi connectivity index (χ4v) is 2.80. The molecule has 0 heterocycles. The van der Waals surface area contributed by atoms with Crippen molar-refractivity contribution in [2.75, 3.05) is 0 Å². The van der Waals surface area contributed by atoms with Gasteiger partial charge in [0.1, 0.15) is 0 Å². The predicted octanol–water partition coefficient (Wildman–Crippen LogP) is -2.58. The number of hydrogen-bond acceptors (Lipinski definition) is 1. The molecule has 3 rings (SSSR count). The molecule has 0 spiro atoms. The van der Waals surface area contributed by atoms with Gasteiger partial charge in [0.2, 0.25) is 0 Å². The van der Waals surface area contributed by atoms with Crippen LogP contribution >= 0.6 is 0 Å². The minimum Gasteiger partial charge on any atom is -1.00 e. The molecule has 15 heavy (non-hydrogen) atoms. The lowest BCUT2D eigenvalue weighted by atomic mass is 9.33. The quantitative estimate of drug-likeness (QED) is 0.561. The minimum atomic E-state index is -4.17. The van der Waals surface area contributed by atoms with E-state index in [0.29, 0.717) is 0 Å². The van der Waals surface area contributed by atoms with Crippen molar-refractivity contribution >= 4 is 5.97 Å². The topological polar surface area (TPSA) is 64.9 Å². The zero-order valence-electron chi connectivity index (χ0n) is 7.77. The average molecular weight is 246 g/mol. The molecule has 0 saturated heterocycles. The van der Waals surface area contributed by atoms with Crippen LogP contribution in [0.3, 0.4) is 0 Å². The summed E-state index contributed by atoms with van der Waals surface area (Å²) in [4.78, 5) is 10.6. The maximum Gasteiger partial charge on any atom is 0.394 e. The van der Waals surface area contributed by atoms with Crippen molar-refractivity contribution in [3.05, 3.63) is 0 Å². The lowest BCUT2D eigenvalue weighted by Crippen LogP contribution is -3.00. The number of rotatable bonds is 2. The van der Waals surface area contributed by atoms with Gasteiger partial charge in [0.25, 0.3) is 0 Å². The summed E-state index contributed by atoms with van der Waals surface area (Å²) in [5.74, 6) is -1.10. The van der Waals surface area contributed by atoms with Crippen LogP contribution in [0.2, 0.25) is 0 Å². The highest BCUT2D eigenvalue weighted by Crippen LogP contribution is 2.79. The van der Waals surface area contributed by atoms with E-state index in [9.17, 15) is 18.0 Å². The number of alkyl halides is 3. The Bertz CT molecular complexity index is 285. The zero-order valence-corrected chi connectivity index (χ0v) is 8.53. The molecular weight excluding hydrogens is 235 g/mol. The summed E-state index contributed by atoms with van der Waals surface area (Å²) in [6, 6.07) is -0.897. The first-order valence-corrected chi connectivity index (χ1v) is 4.35. The van der Waals surface area contributed by atoms with Gasteiger partial charge >= 0.3 is 12.1 Å². The highest BCUT2D eigenvalue weighted by Gasteiger charge is 2.81. The molecular formula is C8H11ClF3NO2. The molecule has 0 aromatic carbocycles. The van der Waals surface area contributed by atoms with Crippen LogP contribution in [-0.4, -0.2) is 23.3 Å². The highest BCUT2D eigenvalue weighted by atomic mass is 35.5. The molecule has 0 aromatic heterocycles. The second-order valence-corrected chi connectivity index (χ2v) is 4.56. The van der Waals surface area contributed by atoms with Crippen molar-refractivity contribution in [1.82, 2.24) is 0 Å². The maximum absolute atomic E-state index is 12.4. The first-order valence-electron chi connectivity index (χ1n) is 4.35. The molecule has 0 amide bonds. The normalized spacial score (nSPS) is 39.5. The second-order valence-electron chi connectivity index (χ2n) is 4.56. The molecule has 3 aliphatic carbocycles. The molecule has 3 nitrogen and oxygen atoms in total. The Morgan fingerprint density at radius 3 is 2.00 bits per heavy atom. The van der Waals surface area contributed by atoms with Gasteiger partial charge in [-0.15, -0.1) is 0 Å². The van der Waals surface area contributed by atoms with Crippen LogP contribution < -0.4 is 18.1 Å². The third kappa shape index (κ3) is 1.34. The summed E-state index contributed by atoms with van der Waals surface area (Å²) >= 11 is 0. The predicted molar refractivity (Wildman–Crippen MR) is 39.1 cm³/mol. The van der Waals surface area contributed by atoms with E-state index in [1.54, 1.807) is 0 Å². The van der Waals surface area contributed by atoms with Crippen LogP contribution in [0, 0.1) is 10.8 Å². The molecule has 0 radical (unpaired) electrons. The van der Waals surface area contributed by atoms with Crippen LogP contribution in [0.4, 0.5) is 13.2 Å². The number of hydrogen-bond donors (Lipinski definition) is 2. The van der Waals surface area contributed by atoms with Crippen molar-refractivity contribution in [1.29, 1.82) is 0 Å². The smallest absolute Gasteiger partial charge is 0.394 e. The lowest BCUT2D eigenvalue weighted by Gasteiger charge is -2.70. The lowest BCUT2D eigenvalue weighted by molar-refractivity contribution is -0.492. The van der Waals surface area contributed by atoms with E-state index < -0.39 is 29.0 Å². The van der Waals surface area contributed by atoms with Gasteiger partial charge < -0.3 is 23.2 Å². The van der Waals surface area contributed by atoms with Gasteiger partial charge in [-0.1, -0.05) is 0 Å². The molecule has 3 fully saturated rings. The third-order valence-electron chi connectivity index (χ3n) is 3.71. The monoisotopic (exact) mass is 245 g/mol. The summed E-state index contributed by atoms with van der Waals surface area (Å²) in [7, 11) is 0. The number of carbonyl (C=O) groups is 1. The average Bonchev–Trinajstić information content (AvgIpc) is 1.76. The molecule has 1 atom stereocenters. The van der Waals surface area contributed by atoms with Gasteiger partial charge in [-0.05, 0) is 19.3 Å². The number of halogens is 4. The van der Waals surface area contributed by atoms with Crippen molar-refractivity contribution < 1.29 is 41.2 Å². The van der Waals surface area contributed by atoms with Crippen molar-refractivity contribution in [3.8, 4) is 0 Å². The Balaban J connectivity index is 0.00000112. The first kappa shape index (κ1) is 12.6. The van der Waals surface area contributed by atoms with Crippen LogP contribution in [0.25, 0.3) is 0 Å². The summed E-state index contributed by atoms with van der Waals surface area (Å²) < 4.78 is 37.2. The summed E-state index contributed by atoms with van der Waals surface area (Å²) in [6.07, 6.45) is -4.33. The van der Waals surface area contributed by atoms with E-state index in [2.05, 4.69) is 5.73 Å². The Kier molecular flexibility index (Phi) is 2.52. The van der Waals surface area contributed by atoms with Crippen LogP contribution in [0.1, 0.15) is 19.3 Å². The molecule has 3 aliphatic rings. The molecule has 0 aromatic rings. The van der Waals surface area contributed by atoms with Gasteiger partial charge in [0.05, 0.1) is 5.41 Å². The first-order chi connectivity index (χ1) is 6.23. The molecule has 3 saturated carbocycles. The van der Waals surface area contributed by atoms with Crippen LogP contribution in [0.5, 0.6) is 0 Å². The molecule has 4 N–H and O–H groups in total. The van der Waals surface area contributed by atoms with Gasteiger partial charge in [0.15, 0.2) is 6.04 Å². The fraction of sp³-hybridized carbons (Fsp3) is 0.875. The van der Waals surface area contributed by atoms with Crippen LogP contribution in [-0.2, 0) is 4.79 Å². The van der Waals surface area contributed by atoms with E-state index in [4.69, 9.17) is 5.11 Å². The summed E-state index contributed by atoms with van der Waals surface area (Å²) in [5, 5.41) is 8.65. The second kappa shape index (κ2) is 3.01. The molecule has 0 aliphatic heterocycles. The van der Waals surface area contributed by atoms with E-state index in [-0.39, 0.29) is 31.7 Å². The number of carboxylic acid groups (broad SMARTS) is 1. The SMILES string of the molecule is [Cl-].[NH3+][C@H](C(=O)O)C12CC(C(F)(F)F)(C1)C2. The highest BCUT2D eigenvalue weighted by molar-refractivity contribution is 5.73. The largest absolute Gasteiger partial charge is 1.00 e. The molecule has 7 heteroatoms. The van der Waals surface area contributed by atoms with E-state index in [1.807, 2.05) is 0 Å². The van der Waals surface area contributed by atoms with Gasteiger partial charge in [-0.3, -0.25) is 0 Å². The van der Waals surface area contributed by atoms with E-state index >= 15 is 0 Å². The number of carboxylic acids is 1. The standard InChI is InChI=1S/C8H10F3NO2.ClH/c9-8(10,11)7-1-6(2-7,3-7)4(12)5(13)14;/h4H,1-3,12H2,(H,13,14);1H/t4-,6?,7?;/m1./s1. The Hall–Kier alpha value is -0.490. The van der Waals surface area contributed by atoms with E-state index in [1.165, 1.54) is 0 Å². The molecule has 88 valence electrons. The van der Waals surface area contributed by atoms with Crippen molar-refractivity contribution in [3.63, 3.8) is 0 Å². The maximum atomic E-state index is 12.4. The Labute approximate surface area is 90.2 Å². The number of quaternary nitrogens is 1. The van der Waals surface area contributed by atoms with Crippen molar-refractivity contribution in [2.45, 2.75) is 31.5 Å². The minimum absolute atomic E-state index is 0. The Morgan fingerprint density at radius 2 is 1.73 bits per heavy atom. The zero-order chi connectivity index (χ0) is 10.8. The van der Waals surface area contributed by atoms with Crippen molar-refractivity contribution in [2.24, 2.45) is 10.8 Å². The van der Waals surface area contributed by atoms with E-state index in [0.717, 1.165) is 0 Å². The molecule has 2 bridgehead atoms. The van der Waals surface area contributed by atoms with Gasteiger partial charge in [-0.25, -0.2) is 4.79 Å². The molecule has 0 unspecified atom stereocenters. The van der Waals surface area contributed by atoms with Crippen LogP contribution in [0.15, 0.2) is 0 Å². The van der Waals surface area contributed by atoms with Gasteiger partial charge in [-0.2, -0.15) is 13.2 Å². The third-order valence-corrected chi connectivity index (χ3v) is 3.71. The fourth-order valence-electron chi connectivity index (χ4n) is 2.80. The Morgan fingerprint density at radius 1 is 1.33 bits per heavy atom.